The van der Waals surface area contributed by atoms with Gasteiger partial charge < -0.3 is 19.4 Å². The van der Waals surface area contributed by atoms with Crippen LogP contribution in [-0.4, -0.2) is 33.0 Å². The van der Waals surface area contributed by atoms with Crippen LogP contribution >= 0.6 is 11.8 Å². The van der Waals surface area contributed by atoms with Gasteiger partial charge in [0.1, 0.15) is 18.1 Å². The molecule has 0 fully saturated rings. The molecule has 1 aromatic heterocycles. The molecular formula is C26H26N4O3S. The van der Waals surface area contributed by atoms with E-state index in [0.717, 1.165) is 28.5 Å². The van der Waals surface area contributed by atoms with Gasteiger partial charge in [0.15, 0.2) is 11.0 Å². The molecule has 1 N–H and O–H groups in total. The number of nitrogens with one attached hydrogen (secondary N) is 1. The van der Waals surface area contributed by atoms with Crippen LogP contribution in [0.2, 0.25) is 0 Å². The largest absolute Gasteiger partial charge is 0.497 e. The van der Waals surface area contributed by atoms with Gasteiger partial charge in [0, 0.05) is 18.3 Å². The van der Waals surface area contributed by atoms with Gasteiger partial charge in [-0.1, -0.05) is 42.1 Å². The Balaban J connectivity index is 1.32. The van der Waals surface area contributed by atoms with E-state index in [2.05, 4.69) is 15.5 Å². The SMILES string of the molecule is COc1ccc(-c2nnc(SC(C)C(=O)Nc3ccc(OCc4ccccc4)cc3)n2C)cc1. The lowest BCUT2D eigenvalue weighted by molar-refractivity contribution is -0.115. The molecule has 0 aliphatic rings. The van der Waals surface area contributed by atoms with Crippen LogP contribution in [0.25, 0.3) is 11.4 Å². The van der Waals surface area contributed by atoms with Crippen molar-refractivity contribution in [2.24, 2.45) is 7.05 Å². The summed E-state index contributed by atoms with van der Waals surface area (Å²) in [6.45, 7) is 2.34. The highest BCUT2D eigenvalue weighted by Crippen LogP contribution is 2.27. The average Bonchev–Trinajstić information content (AvgIpc) is 3.24. The fourth-order valence-corrected chi connectivity index (χ4v) is 4.05. The molecule has 7 nitrogen and oxygen atoms in total. The predicted octanol–water partition coefficient (Wildman–Crippen LogP) is 5.19. The van der Waals surface area contributed by atoms with E-state index in [1.165, 1.54) is 11.8 Å². The van der Waals surface area contributed by atoms with Crippen molar-refractivity contribution in [3.05, 3.63) is 84.4 Å². The Morgan fingerprint density at radius 2 is 1.65 bits per heavy atom. The first-order valence-electron chi connectivity index (χ1n) is 10.8. The monoisotopic (exact) mass is 474 g/mol. The van der Waals surface area contributed by atoms with Gasteiger partial charge in [-0.2, -0.15) is 0 Å². The van der Waals surface area contributed by atoms with Crippen molar-refractivity contribution in [3.8, 4) is 22.9 Å². The van der Waals surface area contributed by atoms with Crippen LogP contribution in [0, 0.1) is 0 Å². The first-order valence-corrected chi connectivity index (χ1v) is 11.7. The van der Waals surface area contributed by atoms with E-state index in [4.69, 9.17) is 9.47 Å². The van der Waals surface area contributed by atoms with E-state index in [9.17, 15) is 4.79 Å². The van der Waals surface area contributed by atoms with Crippen LogP contribution < -0.4 is 14.8 Å². The van der Waals surface area contributed by atoms with Gasteiger partial charge in [-0.25, -0.2) is 0 Å². The molecule has 4 rings (SSSR count). The maximum atomic E-state index is 12.7. The van der Waals surface area contributed by atoms with Crippen LogP contribution in [0.15, 0.2) is 84.0 Å². The number of carbonyl (C=O) groups excluding carboxylic acids is 1. The highest BCUT2D eigenvalue weighted by molar-refractivity contribution is 8.00. The molecule has 0 aliphatic heterocycles. The zero-order valence-corrected chi connectivity index (χ0v) is 20.1. The summed E-state index contributed by atoms with van der Waals surface area (Å²) in [6.07, 6.45) is 0. The van der Waals surface area contributed by atoms with E-state index in [0.29, 0.717) is 17.5 Å². The van der Waals surface area contributed by atoms with Gasteiger partial charge in [-0.3, -0.25) is 4.79 Å². The molecule has 1 amide bonds. The number of aromatic nitrogens is 3. The van der Waals surface area contributed by atoms with Crippen molar-refractivity contribution in [1.82, 2.24) is 14.8 Å². The normalized spacial score (nSPS) is 11.6. The highest BCUT2D eigenvalue weighted by atomic mass is 32.2. The molecular weight excluding hydrogens is 448 g/mol. The lowest BCUT2D eigenvalue weighted by Crippen LogP contribution is -2.22. The maximum absolute atomic E-state index is 12.7. The Morgan fingerprint density at radius 3 is 2.32 bits per heavy atom. The minimum Gasteiger partial charge on any atom is -0.497 e. The van der Waals surface area contributed by atoms with Crippen molar-refractivity contribution in [3.63, 3.8) is 0 Å². The average molecular weight is 475 g/mol. The molecule has 0 saturated heterocycles. The van der Waals surface area contributed by atoms with E-state index < -0.39 is 0 Å². The molecule has 0 saturated carbocycles. The summed E-state index contributed by atoms with van der Waals surface area (Å²) in [6, 6.07) is 25.0. The Kier molecular flexibility index (Phi) is 7.49. The second-order valence-corrected chi connectivity index (χ2v) is 8.95. The van der Waals surface area contributed by atoms with Crippen LogP contribution in [0.1, 0.15) is 12.5 Å². The number of methoxy groups -OCH3 is 1. The number of benzene rings is 3. The number of amides is 1. The van der Waals surface area contributed by atoms with E-state index in [1.54, 1.807) is 7.11 Å². The molecule has 174 valence electrons. The Labute approximate surface area is 203 Å². The molecule has 8 heteroatoms. The number of carbonyl (C=O) groups is 1. The van der Waals surface area contributed by atoms with E-state index in [1.807, 2.05) is 97.4 Å². The molecule has 1 atom stereocenters. The zero-order chi connectivity index (χ0) is 23.9. The summed E-state index contributed by atoms with van der Waals surface area (Å²) in [5.41, 5.74) is 2.74. The number of thioether (sulfide) groups is 1. The van der Waals surface area contributed by atoms with Crippen molar-refractivity contribution in [1.29, 1.82) is 0 Å². The number of rotatable bonds is 9. The summed E-state index contributed by atoms with van der Waals surface area (Å²) in [5, 5.41) is 11.8. The molecule has 4 aromatic rings. The van der Waals surface area contributed by atoms with Gasteiger partial charge in [0.05, 0.1) is 12.4 Å². The Bertz CT molecular complexity index is 1230. The third-order valence-corrected chi connectivity index (χ3v) is 6.34. The van der Waals surface area contributed by atoms with Crippen LogP contribution in [0.4, 0.5) is 5.69 Å². The van der Waals surface area contributed by atoms with Gasteiger partial charge in [0.2, 0.25) is 5.91 Å². The standard InChI is InChI=1S/C26H26N4O3S/c1-18(34-26-29-28-24(30(26)2)20-9-13-22(32-3)14-10-20)25(31)27-21-11-15-23(16-12-21)33-17-19-7-5-4-6-8-19/h4-16,18H,17H2,1-3H3,(H,27,31). The van der Waals surface area contributed by atoms with Crippen LogP contribution in [-0.2, 0) is 18.4 Å². The molecule has 1 heterocycles. The van der Waals surface area contributed by atoms with Crippen LogP contribution in [0.3, 0.4) is 0 Å². The summed E-state index contributed by atoms with van der Waals surface area (Å²) in [7, 11) is 3.52. The van der Waals surface area contributed by atoms with Crippen LogP contribution in [0.5, 0.6) is 11.5 Å². The zero-order valence-electron chi connectivity index (χ0n) is 19.3. The highest BCUT2D eigenvalue weighted by Gasteiger charge is 2.19. The number of hydrogen-bond acceptors (Lipinski definition) is 6. The number of hydrogen-bond donors (Lipinski definition) is 1. The fraction of sp³-hybridized carbons (Fsp3) is 0.192. The van der Waals surface area contributed by atoms with E-state index >= 15 is 0 Å². The predicted molar refractivity (Wildman–Crippen MR) is 134 cm³/mol. The maximum Gasteiger partial charge on any atom is 0.237 e. The van der Waals surface area contributed by atoms with Gasteiger partial charge in [-0.15, -0.1) is 10.2 Å². The van der Waals surface area contributed by atoms with Crippen molar-refractivity contribution in [2.75, 3.05) is 12.4 Å². The van der Waals surface area contributed by atoms with Crippen molar-refractivity contribution in [2.45, 2.75) is 23.9 Å². The minimum atomic E-state index is -0.361. The third-order valence-electron chi connectivity index (χ3n) is 5.20. The summed E-state index contributed by atoms with van der Waals surface area (Å²) in [4.78, 5) is 12.7. The van der Waals surface area contributed by atoms with E-state index in [-0.39, 0.29) is 11.2 Å². The summed E-state index contributed by atoms with van der Waals surface area (Å²) < 4.78 is 12.9. The molecule has 0 bridgehead atoms. The molecule has 3 aromatic carbocycles. The topological polar surface area (TPSA) is 78.3 Å². The molecule has 0 spiro atoms. The fourth-order valence-electron chi connectivity index (χ4n) is 3.24. The number of ether oxygens (including phenoxy) is 2. The lowest BCUT2D eigenvalue weighted by Gasteiger charge is -2.12. The summed E-state index contributed by atoms with van der Waals surface area (Å²) >= 11 is 1.36. The van der Waals surface area contributed by atoms with Gasteiger partial charge >= 0.3 is 0 Å². The van der Waals surface area contributed by atoms with Crippen molar-refractivity contribution < 1.29 is 14.3 Å². The third kappa shape index (κ3) is 5.77. The molecule has 1 unspecified atom stereocenters. The summed E-state index contributed by atoms with van der Waals surface area (Å²) in [5.74, 6) is 2.14. The van der Waals surface area contributed by atoms with Gasteiger partial charge in [-0.05, 0) is 61.0 Å². The molecule has 34 heavy (non-hydrogen) atoms. The first-order chi connectivity index (χ1) is 16.5. The number of anilines is 1. The first kappa shape index (κ1) is 23.4. The smallest absolute Gasteiger partial charge is 0.237 e. The van der Waals surface area contributed by atoms with Gasteiger partial charge in [0.25, 0.3) is 0 Å². The molecule has 0 aliphatic carbocycles. The minimum absolute atomic E-state index is 0.114. The Morgan fingerprint density at radius 1 is 0.971 bits per heavy atom. The Hall–Kier alpha value is -3.78. The second kappa shape index (κ2) is 10.9. The number of nitrogens with zero attached hydrogens (tertiary/aromatic N) is 3. The quantitative estimate of drug-likeness (QED) is 0.337. The van der Waals surface area contributed by atoms with Crippen molar-refractivity contribution >= 4 is 23.4 Å². The second-order valence-electron chi connectivity index (χ2n) is 7.64. The molecule has 0 radical (unpaired) electrons. The lowest BCUT2D eigenvalue weighted by atomic mass is 10.2.